The van der Waals surface area contributed by atoms with Gasteiger partial charge in [0.1, 0.15) is 17.5 Å². The average molecular weight is 294 g/mol. The molecule has 1 aliphatic rings. The lowest BCUT2D eigenvalue weighted by molar-refractivity contribution is 0.573. The molecule has 0 atom stereocenters. The number of nitrogen functional groups attached to an aromatic ring is 1. The molecule has 0 aromatic carbocycles. The molecular weight excluding hydrogens is 268 g/mol. The highest BCUT2D eigenvalue weighted by atomic mass is 32.2. The zero-order valence-electron chi connectivity index (χ0n) is 13.0. The molecular formula is C15H26N4S. The number of hydrogen-bond acceptors (Lipinski definition) is 5. The summed E-state index contributed by atoms with van der Waals surface area (Å²) in [5.41, 5.74) is 7.00. The lowest BCUT2D eigenvalue weighted by Crippen LogP contribution is -2.32. The third-order valence-corrected chi connectivity index (χ3v) is 6.03. The molecule has 0 amide bonds. The number of nitrogens with two attached hydrogens (primary N) is 1. The molecule has 0 saturated heterocycles. The van der Waals surface area contributed by atoms with E-state index in [-0.39, 0.29) is 4.75 Å². The monoisotopic (exact) mass is 294 g/mol. The summed E-state index contributed by atoms with van der Waals surface area (Å²) < 4.78 is 0.270. The maximum atomic E-state index is 6.03. The first-order valence-corrected chi connectivity index (χ1v) is 8.70. The van der Waals surface area contributed by atoms with Crippen LogP contribution in [0.25, 0.3) is 0 Å². The minimum absolute atomic E-state index is 0.270. The van der Waals surface area contributed by atoms with E-state index in [0.717, 1.165) is 36.6 Å². The second-order valence-electron chi connectivity index (χ2n) is 5.66. The van der Waals surface area contributed by atoms with Crippen LogP contribution in [0, 0.1) is 6.92 Å². The van der Waals surface area contributed by atoms with E-state index in [4.69, 9.17) is 5.73 Å². The number of nitrogens with zero attached hydrogens (tertiary/aromatic N) is 2. The predicted molar refractivity (Wildman–Crippen MR) is 88.5 cm³/mol. The molecule has 1 aromatic heterocycles. The molecule has 0 spiro atoms. The molecule has 4 nitrogen and oxygen atoms in total. The average Bonchev–Trinajstić information content (AvgIpc) is 3.29. The van der Waals surface area contributed by atoms with Crippen LogP contribution >= 0.6 is 11.8 Å². The zero-order chi connectivity index (χ0) is 14.8. The highest BCUT2D eigenvalue weighted by Gasteiger charge is 2.29. The van der Waals surface area contributed by atoms with Gasteiger partial charge in [0.25, 0.3) is 0 Å². The van der Waals surface area contributed by atoms with Gasteiger partial charge in [-0.2, -0.15) is 11.8 Å². The van der Waals surface area contributed by atoms with Crippen molar-refractivity contribution in [2.75, 3.05) is 23.9 Å². The van der Waals surface area contributed by atoms with E-state index in [2.05, 4.69) is 35.4 Å². The number of nitrogens with one attached hydrogen (secondary N) is 1. The maximum absolute atomic E-state index is 6.03. The first kappa shape index (κ1) is 15.4. The van der Waals surface area contributed by atoms with Gasteiger partial charge in [-0.25, -0.2) is 9.97 Å². The van der Waals surface area contributed by atoms with Crippen LogP contribution in [-0.4, -0.2) is 27.5 Å². The van der Waals surface area contributed by atoms with Gasteiger partial charge in [0, 0.05) is 22.8 Å². The second kappa shape index (κ2) is 6.20. The largest absolute Gasteiger partial charge is 0.383 e. The molecule has 0 bridgehead atoms. The fourth-order valence-corrected chi connectivity index (χ4v) is 3.15. The SMILES string of the molecule is CCC(CC)(CNc1nc(C2CC2)nc(N)c1C)SC. The summed E-state index contributed by atoms with van der Waals surface area (Å²) in [6.45, 7) is 7.41. The van der Waals surface area contributed by atoms with Crippen LogP contribution in [-0.2, 0) is 0 Å². The minimum Gasteiger partial charge on any atom is -0.383 e. The number of hydrogen-bond donors (Lipinski definition) is 2. The van der Waals surface area contributed by atoms with E-state index in [0.29, 0.717) is 11.7 Å². The molecule has 2 rings (SSSR count). The van der Waals surface area contributed by atoms with Gasteiger partial charge in [0.05, 0.1) is 0 Å². The van der Waals surface area contributed by atoms with Crippen molar-refractivity contribution in [2.24, 2.45) is 0 Å². The Bertz CT molecular complexity index is 459. The topological polar surface area (TPSA) is 63.8 Å². The summed E-state index contributed by atoms with van der Waals surface area (Å²) in [5, 5.41) is 3.52. The molecule has 1 saturated carbocycles. The Morgan fingerprint density at radius 1 is 1.30 bits per heavy atom. The van der Waals surface area contributed by atoms with E-state index < -0.39 is 0 Å². The normalized spacial score (nSPS) is 15.4. The van der Waals surface area contributed by atoms with Gasteiger partial charge in [0.15, 0.2) is 0 Å². The molecule has 1 fully saturated rings. The number of rotatable bonds is 7. The van der Waals surface area contributed by atoms with E-state index in [1.165, 1.54) is 12.8 Å². The number of aromatic nitrogens is 2. The Kier molecular flexibility index (Phi) is 4.78. The van der Waals surface area contributed by atoms with Gasteiger partial charge >= 0.3 is 0 Å². The lowest BCUT2D eigenvalue weighted by atomic mass is 10.0. The van der Waals surface area contributed by atoms with Gasteiger partial charge in [-0.15, -0.1) is 0 Å². The maximum Gasteiger partial charge on any atom is 0.136 e. The molecule has 0 radical (unpaired) electrons. The van der Waals surface area contributed by atoms with Crippen molar-refractivity contribution in [3.63, 3.8) is 0 Å². The van der Waals surface area contributed by atoms with E-state index in [9.17, 15) is 0 Å². The highest BCUT2D eigenvalue weighted by molar-refractivity contribution is 8.00. The van der Waals surface area contributed by atoms with Gasteiger partial charge in [-0.3, -0.25) is 0 Å². The van der Waals surface area contributed by atoms with Crippen LogP contribution in [0.3, 0.4) is 0 Å². The quantitative estimate of drug-likeness (QED) is 0.804. The van der Waals surface area contributed by atoms with Crippen LogP contribution in [0.1, 0.15) is 56.8 Å². The van der Waals surface area contributed by atoms with E-state index >= 15 is 0 Å². The zero-order valence-corrected chi connectivity index (χ0v) is 13.8. The molecule has 0 aliphatic heterocycles. The fraction of sp³-hybridized carbons (Fsp3) is 0.733. The summed E-state index contributed by atoms with van der Waals surface area (Å²) in [7, 11) is 0. The summed E-state index contributed by atoms with van der Waals surface area (Å²) >= 11 is 1.93. The van der Waals surface area contributed by atoms with Crippen LogP contribution in [0.15, 0.2) is 0 Å². The third kappa shape index (κ3) is 3.19. The summed E-state index contributed by atoms with van der Waals surface area (Å²) in [6, 6.07) is 0. The fourth-order valence-electron chi connectivity index (χ4n) is 2.35. The lowest BCUT2D eigenvalue weighted by Gasteiger charge is -2.30. The Balaban J connectivity index is 2.16. The second-order valence-corrected chi connectivity index (χ2v) is 6.94. The molecule has 20 heavy (non-hydrogen) atoms. The minimum atomic E-state index is 0.270. The molecule has 1 aliphatic carbocycles. The number of thioether (sulfide) groups is 1. The summed E-state index contributed by atoms with van der Waals surface area (Å²) in [4.78, 5) is 9.11. The highest BCUT2D eigenvalue weighted by Crippen LogP contribution is 2.39. The van der Waals surface area contributed by atoms with Gasteiger partial charge in [-0.1, -0.05) is 13.8 Å². The molecule has 3 N–H and O–H groups in total. The van der Waals surface area contributed by atoms with E-state index in [1.807, 2.05) is 18.7 Å². The molecule has 112 valence electrons. The molecule has 1 heterocycles. The molecule has 0 unspecified atom stereocenters. The van der Waals surface area contributed by atoms with Crippen molar-refractivity contribution in [3.8, 4) is 0 Å². The van der Waals surface area contributed by atoms with Crippen molar-refractivity contribution < 1.29 is 0 Å². The van der Waals surface area contributed by atoms with Crippen molar-refractivity contribution >= 4 is 23.4 Å². The Labute approximate surface area is 126 Å². The Morgan fingerprint density at radius 2 is 1.95 bits per heavy atom. The smallest absolute Gasteiger partial charge is 0.136 e. The third-order valence-electron chi connectivity index (χ3n) is 4.44. The summed E-state index contributed by atoms with van der Waals surface area (Å²) in [5.74, 6) is 2.98. The van der Waals surface area contributed by atoms with Gasteiger partial charge < -0.3 is 11.1 Å². The molecule has 1 aromatic rings. The molecule has 5 heteroatoms. The predicted octanol–water partition coefficient (Wildman–Crippen LogP) is 3.58. The van der Waals surface area contributed by atoms with Crippen molar-refractivity contribution in [2.45, 2.75) is 57.1 Å². The first-order chi connectivity index (χ1) is 9.55. The van der Waals surface area contributed by atoms with Crippen molar-refractivity contribution in [1.29, 1.82) is 0 Å². The van der Waals surface area contributed by atoms with Gasteiger partial charge in [-0.05, 0) is 38.9 Å². The van der Waals surface area contributed by atoms with Crippen molar-refractivity contribution in [1.82, 2.24) is 9.97 Å². The van der Waals surface area contributed by atoms with Crippen LogP contribution < -0.4 is 11.1 Å². The van der Waals surface area contributed by atoms with Crippen LogP contribution in [0.2, 0.25) is 0 Å². The standard InChI is InChI=1S/C15H26N4S/c1-5-15(6-2,20-4)9-17-13-10(3)12(16)18-14(19-13)11-7-8-11/h11H,5-9H2,1-4H3,(H3,16,17,18,19). The van der Waals surface area contributed by atoms with Crippen LogP contribution in [0.5, 0.6) is 0 Å². The van der Waals surface area contributed by atoms with Gasteiger partial charge in [0.2, 0.25) is 0 Å². The first-order valence-electron chi connectivity index (χ1n) is 7.48. The number of anilines is 2. The van der Waals surface area contributed by atoms with E-state index in [1.54, 1.807) is 0 Å². The van der Waals surface area contributed by atoms with Crippen molar-refractivity contribution in [3.05, 3.63) is 11.4 Å². The Morgan fingerprint density at radius 3 is 2.45 bits per heavy atom. The Hall–Kier alpha value is -0.970. The summed E-state index contributed by atoms with van der Waals surface area (Å²) in [6.07, 6.45) is 6.87. The van der Waals surface area contributed by atoms with Crippen LogP contribution in [0.4, 0.5) is 11.6 Å².